The van der Waals surface area contributed by atoms with Crippen molar-refractivity contribution in [3.05, 3.63) is 36.6 Å². The molecule has 0 aliphatic carbocycles. The van der Waals surface area contributed by atoms with Gasteiger partial charge in [-0.05, 0) is 13.0 Å². The largest absolute Gasteiger partial charge is 0.402 e. The van der Waals surface area contributed by atoms with Crippen LogP contribution in [0.2, 0.25) is 0 Å². The third-order valence-corrected chi connectivity index (χ3v) is 1.34. The van der Waals surface area contributed by atoms with Crippen molar-refractivity contribution in [1.82, 2.24) is 0 Å². The van der Waals surface area contributed by atoms with Gasteiger partial charge >= 0.3 is 0 Å². The van der Waals surface area contributed by atoms with E-state index in [1.807, 2.05) is 6.92 Å². The summed E-state index contributed by atoms with van der Waals surface area (Å²) < 4.78 is 0. The van der Waals surface area contributed by atoms with Gasteiger partial charge in [-0.3, -0.25) is 4.99 Å². The van der Waals surface area contributed by atoms with E-state index >= 15 is 0 Å². The fourth-order valence-electron chi connectivity index (χ4n) is 0.789. The van der Waals surface area contributed by atoms with Crippen molar-refractivity contribution in [2.24, 2.45) is 10.7 Å². The van der Waals surface area contributed by atoms with Crippen LogP contribution in [0.1, 0.15) is 6.92 Å². The van der Waals surface area contributed by atoms with Crippen molar-refractivity contribution in [3.8, 4) is 0 Å². The molecule has 11 heavy (non-hydrogen) atoms. The van der Waals surface area contributed by atoms with Gasteiger partial charge in [0.2, 0.25) is 0 Å². The zero-order chi connectivity index (χ0) is 8.85. The molecule has 0 amide bonds. The molecule has 0 unspecified atom stereocenters. The maximum atomic E-state index is 5.58. The number of hydrogen-bond donors (Lipinski definition) is 1. The molecule has 0 aromatic heterocycles. The Morgan fingerprint density at radius 2 is 1.91 bits per heavy atom. The molecule has 0 saturated carbocycles. The van der Waals surface area contributed by atoms with Crippen LogP contribution in [0.5, 0.6) is 0 Å². The van der Waals surface area contributed by atoms with Gasteiger partial charge in [-0.25, -0.2) is 0 Å². The summed E-state index contributed by atoms with van der Waals surface area (Å²) in [4.78, 5) is 3.99. The number of allylic oxidation sites excluding steroid dienone is 4. The minimum atomic E-state index is 0.709. The summed E-state index contributed by atoms with van der Waals surface area (Å²) in [6.45, 7) is 9.06. The molecule has 0 radical (unpaired) electrons. The lowest BCUT2D eigenvalue weighted by molar-refractivity contribution is 1.28. The van der Waals surface area contributed by atoms with Crippen LogP contribution in [-0.4, -0.2) is 12.8 Å². The van der Waals surface area contributed by atoms with Crippen LogP contribution in [-0.2, 0) is 0 Å². The topological polar surface area (TPSA) is 38.4 Å². The lowest BCUT2D eigenvalue weighted by atomic mass is 10.1. The number of aliphatic imine (C=N–C) groups is 1. The van der Waals surface area contributed by atoms with Crippen LogP contribution in [0.25, 0.3) is 0 Å². The average molecular weight is 150 g/mol. The molecule has 0 aromatic carbocycles. The standard InChI is InChI=1S/C9H14N2/c1-5-8(7(3)10)9(6-2)11-4/h5-6H,1-2,10H2,3-4H3/b8-7-,11-9?. The monoisotopic (exact) mass is 150 g/mol. The molecule has 0 bridgehead atoms. The summed E-state index contributed by atoms with van der Waals surface area (Å²) >= 11 is 0. The predicted octanol–water partition coefficient (Wildman–Crippen LogP) is 1.66. The third-order valence-electron chi connectivity index (χ3n) is 1.34. The Morgan fingerprint density at radius 1 is 1.36 bits per heavy atom. The van der Waals surface area contributed by atoms with E-state index in [2.05, 4.69) is 18.2 Å². The van der Waals surface area contributed by atoms with Gasteiger partial charge in [0.1, 0.15) is 0 Å². The van der Waals surface area contributed by atoms with Gasteiger partial charge in [-0.1, -0.05) is 19.2 Å². The molecular weight excluding hydrogens is 136 g/mol. The summed E-state index contributed by atoms with van der Waals surface area (Å²) in [6.07, 6.45) is 3.34. The molecule has 0 aromatic rings. The molecule has 0 saturated heterocycles. The van der Waals surface area contributed by atoms with Crippen molar-refractivity contribution in [2.45, 2.75) is 6.92 Å². The molecule has 0 fully saturated rings. The first-order valence-corrected chi connectivity index (χ1v) is 3.35. The second kappa shape index (κ2) is 4.50. The van der Waals surface area contributed by atoms with Gasteiger partial charge in [0.15, 0.2) is 0 Å². The summed E-state index contributed by atoms with van der Waals surface area (Å²) in [5.41, 5.74) is 7.92. The highest BCUT2D eigenvalue weighted by Gasteiger charge is 1.99. The number of hydrogen-bond acceptors (Lipinski definition) is 2. The van der Waals surface area contributed by atoms with Crippen molar-refractivity contribution in [2.75, 3.05) is 7.05 Å². The summed E-state index contributed by atoms with van der Waals surface area (Å²) in [6, 6.07) is 0. The highest BCUT2D eigenvalue weighted by atomic mass is 14.7. The zero-order valence-corrected chi connectivity index (χ0v) is 7.09. The van der Waals surface area contributed by atoms with E-state index in [0.717, 1.165) is 11.3 Å². The lowest BCUT2D eigenvalue weighted by Crippen LogP contribution is -2.04. The molecular formula is C9H14N2. The van der Waals surface area contributed by atoms with Gasteiger partial charge in [0, 0.05) is 18.3 Å². The summed E-state index contributed by atoms with van der Waals surface area (Å²) in [5, 5.41) is 0. The van der Waals surface area contributed by atoms with Crippen LogP contribution in [0.15, 0.2) is 41.6 Å². The molecule has 2 N–H and O–H groups in total. The summed E-state index contributed by atoms with van der Waals surface area (Å²) in [5.74, 6) is 0. The normalized spacial score (nSPS) is 13.8. The maximum absolute atomic E-state index is 5.58. The Labute approximate surface area is 67.8 Å². The van der Waals surface area contributed by atoms with E-state index < -0.39 is 0 Å². The van der Waals surface area contributed by atoms with E-state index in [1.54, 1.807) is 19.2 Å². The number of nitrogens with two attached hydrogens (primary N) is 1. The van der Waals surface area contributed by atoms with Gasteiger partial charge in [-0.15, -0.1) is 0 Å². The van der Waals surface area contributed by atoms with Crippen molar-refractivity contribution >= 4 is 5.71 Å². The first kappa shape index (κ1) is 9.69. The molecule has 0 atom stereocenters. The summed E-state index contributed by atoms with van der Waals surface area (Å²) in [7, 11) is 1.70. The van der Waals surface area contributed by atoms with Crippen molar-refractivity contribution in [3.63, 3.8) is 0 Å². The first-order chi connectivity index (χ1) is 5.17. The van der Waals surface area contributed by atoms with Gasteiger partial charge < -0.3 is 5.73 Å². The van der Waals surface area contributed by atoms with E-state index in [9.17, 15) is 0 Å². The minimum Gasteiger partial charge on any atom is -0.402 e. The average Bonchev–Trinajstić information content (AvgIpc) is 1.99. The molecule has 2 heteroatoms. The lowest BCUT2D eigenvalue weighted by Gasteiger charge is -2.02. The zero-order valence-electron chi connectivity index (χ0n) is 7.09. The van der Waals surface area contributed by atoms with Crippen LogP contribution < -0.4 is 5.73 Å². The van der Waals surface area contributed by atoms with Crippen LogP contribution >= 0.6 is 0 Å². The van der Waals surface area contributed by atoms with E-state index in [1.165, 1.54) is 0 Å². The Bertz CT molecular complexity index is 218. The van der Waals surface area contributed by atoms with Crippen molar-refractivity contribution < 1.29 is 0 Å². The molecule has 0 aliphatic rings. The van der Waals surface area contributed by atoms with Crippen LogP contribution in [0.4, 0.5) is 0 Å². The van der Waals surface area contributed by atoms with Crippen LogP contribution in [0.3, 0.4) is 0 Å². The number of nitrogens with zero attached hydrogens (tertiary/aromatic N) is 1. The third kappa shape index (κ3) is 2.42. The Balaban J connectivity index is 4.94. The second-order valence-corrected chi connectivity index (χ2v) is 2.11. The Morgan fingerprint density at radius 3 is 2.00 bits per heavy atom. The molecule has 0 spiro atoms. The minimum absolute atomic E-state index is 0.709. The highest BCUT2D eigenvalue weighted by molar-refractivity contribution is 6.10. The fraction of sp³-hybridized carbons (Fsp3) is 0.222. The van der Waals surface area contributed by atoms with Gasteiger partial charge in [0.05, 0.1) is 5.71 Å². The second-order valence-electron chi connectivity index (χ2n) is 2.11. The SMILES string of the molecule is C=CC(=NC)/C(C=C)=C(/C)N. The molecule has 0 aliphatic heterocycles. The molecule has 60 valence electrons. The van der Waals surface area contributed by atoms with E-state index in [0.29, 0.717) is 5.70 Å². The van der Waals surface area contributed by atoms with E-state index in [-0.39, 0.29) is 0 Å². The quantitative estimate of drug-likeness (QED) is 0.482. The highest BCUT2D eigenvalue weighted by Crippen LogP contribution is 2.03. The van der Waals surface area contributed by atoms with Crippen LogP contribution in [0, 0.1) is 0 Å². The first-order valence-electron chi connectivity index (χ1n) is 3.35. The smallest absolute Gasteiger partial charge is 0.0654 e. The van der Waals surface area contributed by atoms with Gasteiger partial charge in [-0.2, -0.15) is 0 Å². The fourth-order valence-corrected chi connectivity index (χ4v) is 0.789. The van der Waals surface area contributed by atoms with E-state index in [4.69, 9.17) is 5.73 Å². The molecule has 2 nitrogen and oxygen atoms in total. The van der Waals surface area contributed by atoms with Gasteiger partial charge in [0.25, 0.3) is 0 Å². The number of rotatable bonds is 3. The molecule has 0 heterocycles. The Kier molecular flexibility index (Phi) is 3.96. The van der Waals surface area contributed by atoms with Crippen molar-refractivity contribution in [1.29, 1.82) is 0 Å². The molecule has 0 rings (SSSR count). The predicted molar refractivity (Wildman–Crippen MR) is 50.6 cm³/mol. The Hall–Kier alpha value is -1.31. The maximum Gasteiger partial charge on any atom is 0.0654 e.